The number of benzene rings is 1. The van der Waals surface area contributed by atoms with Crippen LogP contribution in [-0.2, 0) is 17.8 Å². The van der Waals surface area contributed by atoms with Gasteiger partial charge in [-0.15, -0.1) is 0 Å². The Morgan fingerprint density at radius 2 is 1.69 bits per heavy atom. The molecule has 11 heteroatoms. The van der Waals surface area contributed by atoms with Crippen LogP contribution >= 0.6 is 0 Å². The number of hydrogen-bond donors (Lipinski definition) is 2. The molecule has 0 bridgehead atoms. The summed E-state index contributed by atoms with van der Waals surface area (Å²) < 4.78 is 37.9. The molecule has 0 saturated carbocycles. The maximum absolute atomic E-state index is 12.9. The normalized spacial score (nSPS) is 20.0. The number of carboxylic acids is 1. The van der Waals surface area contributed by atoms with Gasteiger partial charge in [0.1, 0.15) is 11.4 Å². The molecule has 2 aromatic rings. The predicted octanol–water partition coefficient (Wildman–Crippen LogP) is 4.53. The number of carbonyl (C=O) groups is 2. The van der Waals surface area contributed by atoms with Gasteiger partial charge < -0.3 is 20.5 Å². The van der Waals surface area contributed by atoms with E-state index < -0.39 is 12.1 Å². The molecule has 4 heterocycles. The predicted molar refractivity (Wildman–Crippen MR) is 139 cm³/mol. The van der Waals surface area contributed by atoms with Crippen molar-refractivity contribution < 1.29 is 32.6 Å². The molecule has 3 N–H and O–H groups in total. The van der Waals surface area contributed by atoms with Gasteiger partial charge in [0.05, 0.1) is 17.4 Å². The Bertz CT molecular complexity index is 1200. The SMILES string of the molecule is CC1(C)Cc2c(CN3CCC4(CC3)CCN(C(=O)c3ccncc3N)CC4)cccc2O1.O=C(O)C(F)(F)F. The van der Waals surface area contributed by atoms with Gasteiger partial charge in [-0.05, 0) is 75.7 Å². The smallest absolute Gasteiger partial charge is 0.487 e. The van der Waals surface area contributed by atoms with Crippen LogP contribution in [0.3, 0.4) is 0 Å². The monoisotopic (exact) mass is 548 g/mol. The first kappa shape index (κ1) is 28.7. The molecule has 0 aliphatic carbocycles. The van der Waals surface area contributed by atoms with E-state index in [9.17, 15) is 18.0 Å². The summed E-state index contributed by atoms with van der Waals surface area (Å²) in [6.45, 7) is 9.23. The van der Waals surface area contributed by atoms with Crippen LogP contribution in [0, 0.1) is 5.41 Å². The zero-order valence-corrected chi connectivity index (χ0v) is 22.3. The van der Waals surface area contributed by atoms with Crippen molar-refractivity contribution in [3.63, 3.8) is 0 Å². The summed E-state index contributed by atoms with van der Waals surface area (Å²) in [6.07, 6.45) is 3.69. The van der Waals surface area contributed by atoms with Crippen LogP contribution in [0.25, 0.3) is 0 Å². The summed E-state index contributed by atoms with van der Waals surface area (Å²) in [4.78, 5) is 30.3. The van der Waals surface area contributed by atoms with E-state index in [4.69, 9.17) is 20.4 Å². The minimum absolute atomic E-state index is 0.0419. The van der Waals surface area contributed by atoms with Crippen LogP contribution in [0.5, 0.6) is 5.75 Å². The van der Waals surface area contributed by atoms with Gasteiger partial charge >= 0.3 is 12.1 Å². The number of aromatic nitrogens is 1. The highest BCUT2D eigenvalue weighted by Gasteiger charge is 2.40. The van der Waals surface area contributed by atoms with E-state index in [1.807, 2.05) is 4.90 Å². The molecular weight excluding hydrogens is 513 g/mol. The Kier molecular flexibility index (Phi) is 8.11. The standard InChI is InChI=1S/C26H34N4O2.C2HF3O2/c1-25(2)16-21-19(4-3-5-23(21)32-25)18-29-12-7-26(8-13-29)9-14-30(15-10-26)24(31)20-6-11-28-17-22(20)27;3-2(4,5)1(6)7/h3-6,11,17H,7-10,12-16,18,27H2,1-2H3;(H,6,7). The molecule has 2 fully saturated rings. The van der Waals surface area contributed by atoms with E-state index in [0.29, 0.717) is 16.7 Å². The number of alkyl halides is 3. The van der Waals surface area contributed by atoms with Gasteiger partial charge in [-0.2, -0.15) is 13.2 Å². The lowest BCUT2D eigenvalue weighted by Crippen LogP contribution is -2.48. The van der Waals surface area contributed by atoms with Crippen LogP contribution in [0.2, 0.25) is 0 Å². The van der Waals surface area contributed by atoms with Crippen molar-refractivity contribution in [3.05, 3.63) is 53.3 Å². The molecule has 212 valence electrons. The maximum Gasteiger partial charge on any atom is 0.490 e. The fraction of sp³-hybridized carbons (Fsp3) is 0.536. The molecule has 1 aromatic heterocycles. The van der Waals surface area contributed by atoms with E-state index in [1.165, 1.54) is 24.0 Å². The minimum atomic E-state index is -5.08. The third kappa shape index (κ3) is 6.81. The Labute approximate surface area is 225 Å². The molecule has 0 unspecified atom stereocenters. The van der Waals surface area contributed by atoms with Crippen molar-refractivity contribution in [2.24, 2.45) is 5.41 Å². The van der Waals surface area contributed by atoms with E-state index in [0.717, 1.165) is 57.7 Å². The minimum Gasteiger partial charge on any atom is -0.487 e. The maximum atomic E-state index is 12.9. The molecule has 1 aromatic carbocycles. The third-order valence-electron chi connectivity index (χ3n) is 7.97. The van der Waals surface area contributed by atoms with Gasteiger partial charge in [-0.3, -0.25) is 14.7 Å². The first-order valence-electron chi connectivity index (χ1n) is 13.1. The number of likely N-dealkylation sites (tertiary alicyclic amines) is 2. The van der Waals surface area contributed by atoms with E-state index in [2.05, 4.69) is 41.9 Å². The lowest BCUT2D eigenvalue weighted by molar-refractivity contribution is -0.192. The summed E-state index contributed by atoms with van der Waals surface area (Å²) >= 11 is 0. The molecule has 8 nitrogen and oxygen atoms in total. The quantitative estimate of drug-likeness (QED) is 0.580. The zero-order valence-electron chi connectivity index (χ0n) is 22.3. The second-order valence-electron chi connectivity index (χ2n) is 11.3. The van der Waals surface area contributed by atoms with Crippen LogP contribution in [-0.4, -0.2) is 69.7 Å². The average Bonchev–Trinajstić information content (AvgIpc) is 3.21. The van der Waals surface area contributed by atoms with E-state index in [1.54, 1.807) is 18.5 Å². The van der Waals surface area contributed by atoms with E-state index >= 15 is 0 Å². The summed E-state index contributed by atoms with van der Waals surface area (Å²) in [7, 11) is 0. The fourth-order valence-electron chi connectivity index (χ4n) is 5.70. The molecule has 39 heavy (non-hydrogen) atoms. The van der Waals surface area contributed by atoms with Gasteiger partial charge in [-0.1, -0.05) is 12.1 Å². The third-order valence-corrected chi connectivity index (χ3v) is 7.97. The lowest BCUT2D eigenvalue weighted by Gasteiger charge is -2.47. The topological polar surface area (TPSA) is 109 Å². The Hall–Kier alpha value is -3.34. The number of piperidine rings is 2. The number of rotatable bonds is 3. The lowest BCUT2D eigenvalue weighted by atomic mass is 9.71. The molecular formula is C28H35F3N4O4. The van der Waals surface area contributed by atoms with Gasteiger partial charge in [0, 0.05) is 37.8 Å². The number of nitrogens with zero attached hydrogens (tertiary/aromatic N) is 3. The number of amides is 1. The number of pyridine rings is 1. The largest absolute Gasteiger partial charge is 0.490 e. The Morgan fingerprint density at radius 1 is 1.08 bits per heavy atom. The molecule has 3 aliphatic rings. The van der Waals surface area contributed by atoms with Gasteiger partial charge in [0.15, 0.2) is 0 Å². The van der Waals surface area contributed by atoms with Gasteiger partial charge in [0.25, 0.3) is 5.91 Å². The number of halogens is 3. The number of ether oxygens (including phenoxy) is 1. The average molecular weight is 549 g/mol. The molecule has 0 radical (unpaired) electrons. The van der Waals surface area contributed by atoms with Crippen molar-refractivity contribution in [1.29, 1.82) is 0 Å². The number of carbonyl (C=O) groups excluding carboxylic acids is 1. The molecule has 2 saturated heterocycles. The van der Waals surface area contributed by atoms with Crippen molar-refractivity contribution in [2.75, 3.05) is 31.9 Å². The second kappa shape index (κ2) is 11.0. The Balaban J connectivity index is 0.000000448. The number of aliphatic carboxylic acids is 1. The highest BCUT2D eigenvalue weighted by atomic mass is 19.4. The molecule has 3 aliphatic heterocycles. The fourth-order valence-corrected chi connectivity index (χ4v) is 5.70. The summed E-state index contributed by atoms with van der Waals surface area (Å²) in [5, 5.41) is 7.12. The highest BCUT2D eigenvalue weighted by Crippen LogP contribution is 2.43. The number of anilines is 1. The number of nitrogens with two attached hydrogens (primary N) is 1. The zero-order chi connectivity index (χ0) is 28.4. The van der Waals surface area contributed by atoms with Crippen molar-refractivity contribution in [1.82, 2.24) is 14.8 Å². The van der Waals surface area contributed by atoms with Crippen molar-refractivity contribution in [2.45, 2.75) is 64.3 Å². The number of nitrogen functional groups attached to an aromatic ring is 1. The summed E-state index contributed by atoms with van der Waals surface area (Å²) in [5.41, 5.74) is 10.1. The van der Waals surface area contributed by atoms with Gasteiger partial charge in [-0.25, -0.2) is 4.79 Å². The molecule has 1 amide bonds. The van der Waals surface area contributed by atoms with Crippen molar-refractivity contribution in [3.8, 4) is 5.75 Å². The van der Waals surface area contributed by atoms with E-state index in [-0.39, 0.29) is 11.5 Å². The van der Waals surface area contributed by atoms with Gasteiger partial charge in [0.2, 0.25) is 0 Å². The Morgan fingerprint density at radius 3 is 2.28 bits per heavy atom. The van der Waals surface area contributed by atoms with Crippen LogP contribution in [0.1, 0.15) is 61.0 Å². The summed E-state index contributed by atoms with van der Waals surface area (Å²) in [5.74, 6) is -1.65. The highest BCUT2D eigenvalue weighted by molar-refractivity contribution is 5.98. The second-order valence-corrected chi connectivity index (χ2v) is 11.3. The van der Waals surface area contributed by atoms with Crippen LogP contribution < -0.4 is 10.5 Å². The molecule has 1 spiro atoms. The van der Waals surface area contributed by atoms with Crippen molar-refractivity contribution >= 4 is 17.6 Å². The number of fused-ring (bicyclic) bond motifs is 1. The van der Waals surface area contributed by atoms with Crippen LogP contribution in [0.15, 0.2) is 36.7 Å². The first-order valence-corrected chi connectivity index (χ1v) is 13.1. The van der Waals surface area contributed by atoms with Crippen LogP contribution in [0.4, 0.5) is 18.9 Å². The molecule has 5 rings (SSSR count). The number of carboxylic acid groups (broad SMARTS) is 1. The first-order chi connectivity index (χ1) is 18.3. The molecule has 0 atom stereocenters. The summed E-state index contributed by atoms with van der Waals surface area (Å²) in [6, 6.07) is 8.23. The number of hydrogen-bond acceptors (Lipinski definition) is 6.